The summed E-state index contributed by atoms with van der Waals surface area (Å²) >= 11 is 1.50. The van der Waals surface area contributed by atoms with Gasteiger partial charge in [-0.3, -0.25) is 0 Å². The third-order valence-electron chi connectivity index (χ3n) is 1.69. The molecular formula is C9H10N4OS. The van der Waals surface area contributed by atoms with Gasteiger partial charge in [0.05, 0.1) is 12.1 Å². The van der Waals surface area contributed by atoms with Crippen LogP contribution in [0.3, 0.4) is 0 Å². The summed E-state index contributed by atoms with van der Waals surface area (Å²) in [6, 6.07) is 0. The fraction of sp³-hybridized carbons (Fsp3) is 0.222. The van der Waals surface area contributed by atoms with Gasteiger partial charge in [-0.1, -0.05) is 11.2 Å². The quantitative estimate of drug-likeness (QED) is 0.613. The molecule has 0 aliphatic heterocycles. The fourth-order valence-corrected chi connectivity index (χ4v) is 1.57. The van der Waals surface area contributed by atoms with Crippen molar-refractivity contribution in [1.29, 1.82) is 0 Å². The van der Waals surface area contributed by atoms with Crippen LogP contribution in [-0.2, 0) is 6.54 Å². The summed E-state index contributed by atoms with van der Waals surface area (Å²) in [6.07, 6.45) is 1.78. The zero-order valence-electron chi connectivity index (χ0n) is 8.01. The number of hydrogen-bond donors (Lipinski definition) is 1. The van der Waals surface area contributed by atoms with Gasteiger partial charge in [0, 0.05) is 11.9 Å². The fourth-order valence-electron chi connectivity index (χ4n) is 1.03. The van der Waals surface area contributed by atoms with E-state index < -0.39 is 0 Å². The maximum atomic E-state index is 5.04. The molecule has 2 aromatic heterocycles. The van der Waals surface area contributed by atoms with Gasteiger partial charge in [0.25, 0.3) is 0 Å². The van der Waals surface area contributed by atoms with Crippen LogP contribution in [0.2, 0.25) is 0 Å². The van der Waals surface area contributed by atoms with Gasteiger partial charge < -0.3 is 9.84 Å². The number of nitrogens with zero attached hydrogens (tertiary/aromatic N) is 3. The van der Waals surface area contributed by atoms with E-state index in [1.807, 2.05) is 5.38 Å². The minimum Gasteiger partial charge on any atom is -0.337 e. The van der Waals surface area contributed by atoms with Crippen LogP contribution in [0.15, 0.2) is 28.1 Å². The number of rotatable bonds is 5. The summed E-state index contributed by atoms with van der Waals surface area (Å²) in [5.74, 6) is 1.09. The molecule has 0 amide bonds. The second-order valence-electron chi connectivity index (χ2n) is 2.80. The van der Waals surface area contributed by atoms with E-state index in [1.54, 1.807) is 11.6 Å². The molecule has 0 aliphatic carbocycles. The average molecular weight is 222 g/mol. The predicted octanol–water partition coefficient (Wildman–Crippen LogP) is 1.47. The van der Waals surface area contributed by atoms with Crippen LogP contribution < -0.4 is 5.32 Å². The number of hydrogen-bond acceptors (Lipinski definition) is 6. The van der Waals surface area contributed by atoms with Crippen molar-refractivity contribution in [2.45, 2.75) is 6.54 Å². The van der Waals surface area contributed by atoms with Gasteiger partial charge in [0.15, 0.2) is 0 Å². The van der Waals surface area contributed by atoms with Crippen LogP contribution in [0.25, 0.3) is 11.5 Å². The minimum absolute atomic E-state index is 0.534. The normalized spacial score (nSPS) is 10.4. The molecule has 0 aliphatic rings. The van der Waals surface area contributed by atoms with Gasteiger partial charge >= 0.3 is 0 Å². The van der Waals surface area contributed by atoms with Crippen molar-refractivity contribution in [3.63, 3.8) is 0 Å². The first-order valence-corrected chi connectivity index (χ1v) is 5.37. The van der Waals surface area contributed by atoms with Gasteiger partial charge in [-0.2, -0.15) is 4.98 Å². The zero-order chi connectivity index (χ0) is 10.5. The van der Waals surface area contributed by atoms with Gasteiger partial charge in [0.1, 0.15) is 5.69 Å². The Morgan fingerprint density at radius 2 is 2.53 bits per heavy atom. The second kappa shape index (κ2) is 4.81. The molecule has 0 aromatic carbocycles. The molecule has 1 N–H and O–H groups in total. The molecule has 0 saturated heterocycles. The molecular weight excluding hydrogens is 212 g/mol. The van der Waals surface area contributed by atoms with E-state index in [9.17, 15) is 0 Å². The number of aromatic nitrogens is 3. The van der Waals surface area contributed by atoms with Crippen molar-refractivity contribution in [2.75, 3.05) is 6.54 Å². The molecule has 0 atom stereocenters. The van der Waals surface area contributed by atoms with Gasteiger partial charge in [-0.05, 0) is 0 Å². The van der Waals surface area contributed by atoms with Crippen molar-refractivity contribution in [3.8, 4) is 11.5 Å². The SMILES string of the molecule is C=CCNCc1nc(-c2cscn2)no1. The molecule has 0 unspecified atom stereocenters. The van der Waals surface area contributed by atoms with Crippen LogP contribution in [-0.4, -0.2) is 21.7 Å². The number of thiazole rings is 1. The molecule has 2 aromatic rings. The second-order valence-corrected chi connectivity index (χ2v) is 3.52. The highest BCUT2D eigenvalue weighted by Crippen LogP contribution is 2.14. The van der Waals surface area contributed by atoms with Crippen LogP contribution in [0.1, 0.15) is 5.89 Å². The van der Waals surface area contributed by atoms with Gasteiger partial charge in [-0.25, -0.2) is 4.98 Å². The molecule has 5 nitrogen and oxygen atoms in total. The standard InChI is InChI=1S/C9H10N4OS/c1-2-3-10-4-8-12-9(13-14-8)7-5-15-6-11-7/h2,5-6,10H,1,3-4H2. The lowest BCUT2D eigenvalue weighted by molar-refractivity contribution is 0.370. The van der Waals surface area contributed by atoms with Crippen LogP contribution >= 0.6 is 11.3 Å². The predicted molar refractivity (Wildman–Crippen MR) is 57.3 cm³/mol. The zero-order valence-corrected chi connectivity index (χ0v) is 8.83. The average Bonchev–Trinajstić information content (AvgIpc) is 2.87. The molecule has 0 saturated carbocycles. The highest BCUT2D eigenvalue weighted by atomic mass is 32.1. The van der Waals surface area contributed by atoms with E-state index in [1.165, 1.54) is 11.3 Å². The van der Waals surface area contributed by atoms with Gasteiger partial charge in [-0.15, -0.1) is 17.9 Å². The minimum atomic E-state index is 0.534. The third kappa shape index (κ3) is 2.48. The monoisotopic (exact) mass is 222 g/mol. The van der Waals surface area contributed by atoms with E-state index >= 15 is 0 Å². The van der Waals surface area contributed by atoms with Crippen LogP contribution in [0.5, 0.6) is 0 Å². The topological polar surface area (TPSA) is 63.8 Å². The summed E-state index contributed by atoms with van der Waals surface area (Å²) in [5, 5.41) is 8.79. The molecule has 2 rings (SSSR count). The molecule has 2 heterocycles. The lowest BCUT2D eigenvalue weighted by Crippen LogP contribution is -2.12. The lowest BCUT2D eigenvalue weighted by atomic mass is 10.5. The summed E-state index contributed by atoms with van der Waals surface area (Å²) in [7, 11) is 0. The van der Waals surface area contributed by atoms with E-state index in [0.29, 0.717) is 24.8 Å². The summed E-state index contributed by atoms with van der Waals surface area (Å²) in [4.78, 5) is 8.29. The molecule has 0 bridgehead atoms. The molecule has 0 fully saturated rings. The van der Waals surface area contributed by atoms with E-state index in [4.69, 9.17) is 4.52 Å². The Labute approximate surface area is 90.9 Å². The van der Waals surface area contributed by atoms with Crippen molar-refractivity contribution >= 4 is 11.3 Å². The first-order chi connectivity index (χ1) is 7.40. The first kappa shape index (κ1) is 10.0. The highest BCUT2D eigenvalue weighted by Gasteiger charge is 2.08. The summed E-state index contributed by atoms with van der Waals surface area (Å²) in [6.45, 7) is 4.86. The van der Waals surface area contributed by atoms with Crippen LogP contribution in [0.4, 0.5) is 0 Å². The lowest BCUT2D eigenvalue weighted by Gasteiger charge is -1.93. The van der Waals surface area contributed by atoms with Gasteiger partial charge in [0.2, 0.25) is 11.7 Å². The number of nitrogens with one attached hydrogen (secondary N) is 1. The Hall–Kier alpha value is -1.53. The Morgan fingerprint density at radius 1 is 1.60 bits per heavy atom. The van der Waals surface area contributed by atoms with Crippen molar-refractivity contribution < 1.29 is 4.52 Å². The Balaban J connectivity index is 2.01. The first-order valence-electron chi connectivity index (χ1n) is 4.43. The largest absolute Gasteiger partial charge is 0.337 e. The van der Waals surface area contributed by atoms with E-state index in [2.05, 4.69) is 27.0 Å². The van der Waals surface area contributed by atoms with Crippen LogP contribution in [0, 0.1) is 0 Å². The van der Waals surface area contributed by atoms with Crippen molar-refractivity contribution in [3.05, 3.63) is 29.4 Å². The van der Waals surface area contributed by atoms with Crippen molar-refractivity contribution in [1.82, 2.24) is 20.4 Å². The Morgan fingerprint density at radius 3 is 3.27 bits per heavy atom. The summed E-state index contributed by atoms with van der Waals surface area (Å²) in [5.41, 5.74) is 2.49. The van der Waals surface area contributed by atoms with E-state index in [0.717, 1.165) is 5.69 Å². The smallest absolute Gasteiger partial charge is 0.240 e. The molecule has 78 valence electrons. The Bertz CT molecular complexity index is 423. The maximum absolute atomic E-state index is 5.04. The summed E-state index contributed by atoms with van der Waals surface area (Å²) < 4.78 is 5.04. The molecule has 0 radical (unpaired) electrons. The van der Waals surface area contributed by atoms with Crippen molar-refractivity contribution in [2.24, 2.45) is 0 Å². The van der Waals surface area contributed by atoms with E-state index in [-0.39, 0.29) is 0 Å². The highest BCUT2D eigenvalue weighted by molar-refractivity contribution is 7.07. The molecule has 15 heavy (non-hydrogen) atoms. The molecule has 0 spiro atoms. The Kier molecular flexibility index (Phi) is 3.21. The maximum Gasteiger partial charge on any atom is 0.240 e. The molecule has 6 heteroatoms. The third-order valence-corrected chi connectivity index (χ3v) is 2.28.